The molecule has 0 bridgehead atoms. The van der Waals surface area contributed by atoms with Gasteiger partial charge in [-0.15, -0.1) is 0 Å². The lowest BCUT2D eigenvalue weighted by Gasteiger charge is -2.07. The average molecular weight is 234 g/mol. The van der Waals surface area contributed by atoms with Gasteiger partial charge >= 0.3 is 0 Å². The van der Waals surface area contributed by atoms with E-state index in [1.54, 1.807) is 17.8 Å². The molecular formula is C12H14N2OS. The van der Waals surface area contributed by atoms with E-state index in [0.29, 0.717) is 17.1 Å². The first-order valence-corrected chi connectivity index (χ1v) is 6.12. The summed E-state index contributed by atoms with van der Waals surface area (Å²) in [5, 5.41) is 8.88. The monoisotopic (exact) mass is 234 g/mol. The number of hydrogen-bond donors (Lipinski definition) is 1. The highest BCUT2D eigenvalue weighted by Crippen LogP contribution is 2.16. The Morgan fingerprint density at radius 1 is 1.56 bits per heavy atom. The summed E-state index contributed by atoms with van der Waals surface area (Å²) in [7, 11) is 0. The summed E-state index contributed by atoms with van der Waals surface area (Å²) in [6.07, 6.45) is 0. The molecule has 0 radical (unpaired) electrons. The Balaban J connectivity index is 2.49. The first kappa shape index (κ1) is 12.8. The average Bonchev–Trinajstić information content (AvgIpc) is 2.29. The third-order valence-corrected chi connectivity index (χ3v) is 3.32. The Kier molecular flexibility index (Phi) is 5.03. The van der Waals surface area contributed by atoms with Gasteiger partial charge in [0, 0.05) is 11.5 Å². The first-order valence-electron chi connectivity index (χ1n) is 4.97. The molecule has 0 saturated heterocycles. The summed E-state index contributed by atoms with van der Waals surface area (Å²) in [6.45, 7) is 1.49. The highest BCUT2D eigenvalue weighted by atomic mass is 32.2. The standard InChI is InChI=1S/C12H14N2OS/c1-9(15)12(14)8-16-7-11-5-3-2-4-10(11)6-13/h2-5,12H,7-8,14H2,1H3. The van der Waals surface area contributed by atoms with Gasteiger partial charge in [-0.05, 0) is 18.6 Å². The number of rotatable bonds is 5. The van der Waals surface area contributed by atoms with Crippen LogP contribution >= 0.6 is 11.8 Å². The normalized spacial score (nSPS) is 11.8. The van der Waals surface area contributed by atoms with Crippen LogP contribution in [0.15, 0.2) is 24.3 Å². The molecule has 4 heteroatoms. The van der Waals surface area contributed by atoms with Crippen LogP contribution < -0.4 is 5.73 Å². The van der Waals surface area contributed by atoms with E-state index in [9.17, 15) is 4.79 Å². The van der Waals surface area contributed by atoms with Crippen molar-refractivity contribution < 1.29 is 4.79 Å². The Morgan fingerprint density at radius 3 is 2.88 bits per heavy atom. The number of nitriles is 1. The van der Waals surface area contributed by atoms with E-state index in [1.807, 2.05) is 18.2 Å². The van der Waals surface area contributed by atoms with Crippen LogP contribution in [0.2, 0.25) is 0 Å². The number of benzene rings is 1. The maximum Gasteiger partial charge on any atom is 0.147 e. The second-order valence-electron chi connectivity index (χ2n) is 3.50. The fourth-order valence-corrected chi connectivity index (χ4v) is 2.25. The number of carbonyl (C=O) groups excluding carboxylic acids is 1. The molecule has 0 aliphatic carbocycles. The molecule has 1 unspecified atom stereocenters. The van der Waals surface area contributed by atoms with Crippen LogP contribution in [0, 0.1) is 11.3 Å². The molecule has 0 aromatic heterocycles. The summed E-state index contributed by atoms with van der Waals surface area (Å²) in [4.78, 5) is 10.9. The number of hydrogen-bond acceptors (Lipinski definition) is 4. The maximum atomic E-state index is 10.9. The largest absolute Gasteiger partial charge is 0.321 e. The van der Waals surface area contributed by atoms with Crippen LogP contribution in [0.3, 0.4) is 0 Å². The molecule has 0 amide bonds. The highest BCUT2D eigenvalue weighted by molar-refractivity contribution is 7.98. The van der Waals surface area contributed by atoms with Crippen LogP contribution in [-0.4, -0.2) is 17.6 Å². The molecule has 3 nitrogen and oxygen atoms in total. The van der Waals surface area contributed by atoms with Crippen LogP contribution in [0.4, 0.5) is 0 Å². The van der Waals surface area contributed by atoms with Gasteiger partial charge in [-0.3, -0.25) is 4.79 Å². The van der Waals surface area contributed by atoms with Crippen LogP contribution in [0.5, 0.6) is 0 Å². The van der Waals surface area contributed by atoms with Gasteiger partial charge in [0.1, 0.15) is 5.78 Å². The Labute approximate surface area is 99.6 Å². The molecule has 16 heavy (non-hydrogen) atoms. The van der Waals surface area contributed by atoms with Crippen molar-refractivity contribution in [1.29, 1.82) is 5.26 Å². The molecule has 0 aliphatic rings. The second-order valence-corrected chi connectivity index (χ2v) is 4.53. The number of nitrogens with zero attached hydrogens (tertiary/aromatic N) is 1. The number of Topliss-reactive ketones (excluding diaryl/α,β-unsaturated/α-hetero) is 1. The summed E-state index contributed by atoms with van der Waals surface area (Å²) >= 11 is 1.58. The minimum atomic E-state index is -0.403. The van der Waals surface area contributed by atoms with E-state index in [-0.39, 0.29) is 5.78 Å². The van der Waals surface area contributed by atoms with E-state index in [2.05, 4.69) is 6.07 Å². The van der Waals surface area contributed by atoms with E-state index in [0.717, 1.165) is 5.56 Å². The lowest BCUT2D eigenvalue weighted by atomic mass is 10.1. The number of carbonyl (C=O) groups is 1. The molecule has 0 spiro atoms. The van der Waals surface area contributed by atoms with Crippen molar-refractivity contribution in [1.82, 2.24) is 0 Å². The zero-order valence-corrected chi connectivity index (χ0v) is 9.96. The molecule has 0 fully saturated rings. The van der Waals surface area contributed by atoms with Crippen molar-refractivity contribution >= 4 is 17.5 Å². The first-order chi connectivity index (χ1) is 7.65. The minimum absolute atomic E-state index is 0.000989. The van der Waals surface area contributed by atoms with Crippen LogP contribution in [-0.2, 0) is 10.5 Å². The van der Waals surface area contributed by atoms with Gasteiger partial charge in [0.2, 0.25) is 0 Å². The third-order valence-electron chi connectivity index (χ3n) is 2.21. The molecule has 1 atom stereocenters. The molecule has 0 saturated carbocycles. The zero-order chi connectivity index (χ0) is 12.0. The fourth-order valence-electron chi connectivity index (χ4n) is 1.17. The second kappa shape index (κ2) is 6.31. The van der Waals surface area contributed by atoms with Crippen molar-refractivity contribution in [3.05, 3.63) is 35.4 Å². The van der Waals surface area contributed by atoms with E-state index < -0.39 is 6.04 Å². The van der Waals surface area contributed by atoms with Crippen molar-refractivity contribution in [2.75, 3.05) is 5.75 Å². The van der Waals surface area contributed by atoms with Gasteiger partial charge in [0.05, 0.1) is 17.7 Å². The van der Waals surface area contributed by atoms with Gasteiger partial charge < -0.3 is 5.73 Å². The molecule has 2 N–H and O–H groups in total. The number of thioether (sulfide) groups is 1. The molecule has 1 rings (SSSR count). The number of nitrogens with two attached hydrogens (primary N) is 1. The van der Waals surface area contributed by atoms with Crippen LogP contribution in [0.1, 0.15) is 18.1 Å². The van der Waals surface area contributed by atoms with Gasteiger partial charge in [-0.2, -0.15) is 17.0 Å². The smallest absolute Gasteiger partial charge is 0.147 e. The molecule has 0 aliphatic heterocycles. The van der Waals surface area contributed by atoms with Crippen molar-refractivity contribution in [2.45, 2.75) is 18.7 Å². The fraction of sp³-hybridized carbons (Fsp3) is 0.333. The maximum absolute atomic E-state index is 10.9. The Hall–Kier alpha value is -1.31. The van der Waals surface area contributed by atoms with Gasteiger partial charge in [-0.1, -0.05) is 18.2 Å². The summed E-state index contributed by atoms with van der Waals surface area (Å²) in [5.41, 5.74) is 7.29. The lowest BCUT2D eigenvalue weighted by molar-refractivity contribution is -0.117. The minimum Gasteiger partial charge on any atom is -0.321 e. The van der Waals surface area contributed by atoms with Gasteiger partial charge in [0.25, 0.3) is 0 Å². The predicted octanol–water partition coefficient (Wildman–Crippen LogP) is 1.71. The van der Waals surface area contributed by atoms with Gasteiger partial charge in [0.15, 0.2) is 0 Å². The molecular weight excluding hydrogens is 220 g/mol. The molecule has 1 aromatic rings. The highest BCUT2D eigenvalue weighted by Gasteiger charge is 2.08. The predicted molar refractivity (Wildman–Crippen MR) is 66.0 cm³/mol. The summed E-state index contributed by atoms with van der Waals surface area (Å²) < 4.78 is 0. The zero-order valence-electron chi connectivity index (χ0n) is 9.14. The van der Waals surface area contributed by atoms with E-state index in [1.165, 1.54) is 6.92 Å². The Bertz CT molecular complexity index is 412. The topological polar surface area (TPSA) is 66.9 Å². The van der Waals surface area contributed by atoms with Gasteiger partial charge in [-0.25, -0.2) is 0 Å². The molecule has 84 valence electrons. The Morgan fingerprint density at radius 2 is 2.25 bits per heavy atom. The summed E-state index contributed by atoms with van der Waals surface area (Å²) in [5.74, 6) is 1.31. The van der Waals surface area contributed by atoms with Crippen molar-refractivity contribution in [2.24, 2.45) is 5.73 Å². The quantitative estimate of drug-likeness (QED) is 0.842. The third kappa shape index (κ3) is 3.69. The lowest BCUT2D eigenvalue weighted by Crippen LogP contribution is -2.30. The van der Waals surface area contributed by atoms with Crippen molar-refractivity contribution in [3.63, 3.8) is 0 Å². The number of ketones is 1. The van der Waals surface area contributed by atoms with Crippen molar-refractivity contribution in [3.8, 4) is 6.07 Å². The van der Waals surface area contributed by atoms with E-state index in [4.69, 9.17) is 11.0 Å². The molecule has 0 heterocycles. The van der Waals surface area contributed by atoms with Crippen LogP contribution in [0.25, 0.3) is 0 Å². The molecule has 1 aromatic carbocycles. The summed E-state index contributed by atoms with van der Waals surface area (Å²) in [6, 6.07) is 9.20. The van der Waals surface area contributed by atoms with E-state index >= 15 is 0 Å². The SMILES string of the molecule is CC(=O)C(N)CSCc1ccccc1C#N.